The van der Waals surface area contributed by atoms with Gasteiger partial charge in [-0.3, -0.25) is 14.2 Å². The third-order valence-corrected chi connectivity index (χ3v) is 5.65. The molecule has 0 amide bonds. The Morgan fingerprint density at radius 1 is 1.03 bits per heavy atom. The van der Waals surface area contributed by atoms with Crippen LogP contribution in [0.2, 0.25) is 5.02 Å². The minimum Gasteiger partial charge on any atom is -0.495 e. The zero-order chi connectivity index (χ0) is 23.1. The molecular formula is C23H17ClN6O3. The topological polar surface area (TPSA) is 118 Å². The number of fused-ring (bicyclic) bond motifs is 2. The molecule has 2 N–H and O–H groups in total. The molecule has 3 aromatic heterocycles. The lowest BCUT2D eigenvalue weighted by molar-refractivity contribution is 0.412. The van der Waals surface area contributed by atoms with Crippen molar-refractivity contribution in [2.75, 3.05) is 12.8 Å². The van der Waals surface area contributed by atoms with E-state index >= 15 is 0 Å². The van der Waals surface area contributed by atoms with Gasteiger partial charge in [0.1, 0.15) is 34.8 Å². The first-order chi connectivity index (χ1) is 16.0. The summed E-state index contributed by atoms with van der Waals surface area (Å²) in [5.41, 5.74) is 6.59. The molecule has 0 aliphatic rings. The summed E-state index contributed by atoms with van der Waals surface area (Å²) in [6, 6.07) is 13.6. The highest BCUT2D eigenvalue weighted by molar-refractivity contribution is 6.35. The summed E-state index contributed by atoms with van der Waals surface area (Å²) >= 11 is 6.37. The van der Waals surface area contributed by atoms with Gasteiger partial charge in [-0.25, -0.2) is 15.0 Å². The van der Waals surface area contributed by atoms with Gasteiger partial charge in [0.05, 0.1) is 35.3 Å². The van der Waals surface area contributed by atoms with Gasteiger partial charge < -0.3 is 15.0 Å². The maximum absolute atomic E-state index is 13.7. The third-order valence-electron chi connectivity index (χ3n) is 5.33. The second-order valence-electron chi connectivity index (χ2n) is 7.24. The van der Waals surface area contributed by atoms with E-state index < -0.39 is 0 Å². The van der Waals surface area contributed by atoms with Crippen molar-refractivity contribution in [3.05, 3.63) is 92.5 Å². The van der Waals surface area contributed by atoms with Gasteiger partial charge in [-0.2, -0.15) is 0 Å². The van der Waals surface area contributed by atoms with Crippen LogP contribution in [0.5, 0.6) is 5.75 Å². The van der Waals surface area contributed by atoms with Crippen molar-refractivity contribution in [1.82, 2.24) is 24.1 Å². The van der Waals surface area contributed by atoms with E-state index in [2.05, 4.69) is 9.97 Å². The number of hydrogen-bond acceptors (Lipinski definition) is 7. The van der Waals surface area contributed by atoms with E-state index in [1.807, 2.05) is 6.07 Å². The zero-order valence-electron chi connectivity index (χ0n) is 17.4. The van der Waals surface area contributed by atoms with Gasteiger partial charge in [0.15, 0.2) is 5.43 Å². The highest BCUT2D eigenvalue weighted by Gasteiger charge is 2.19. The summed E-state index contributed by atoms with van der Waals surface area (Å²) in [6.07, 6.45) is 2.87. The lowest BCUT2D eigenvalue weighted by atomic mass is 10.2. The molecule has 3 heterocycles. The van der Waals surface area contributed by atoms with Gasteiger partial charge in [0.25, 0.3) is 5.56 Å². The smallest absolute Gasteiger partial charge is 0.267 e. The highest BCUT2D eigenvalue weighted by Crippen LogP contribution is 2.26. The number of ether oxygens (including phenoxy) is 1. The molecule has 0 radical (unpaired) electrons. The van der Waals surface area contributed by atoms with Crippen molar-refractivity contribution in [2.45, 2.75) is 6.54 Å². The first kappa shape index (κ1) is 20.7. The molecule has 0 saturated carbocycles. The lowest BCUT2D eigenvalue weighted by Gasteiger charge is -2.18. The number of rotatable bonds is 4. The number of halogens is 1. The predicted molar refractivity (Wildman–Crippen MR) is 126 cm³/mol. The van der Waals surface area contributed by atoms with Crippen LogP contribution in [0.4, 0.5) is 5.82 Å². The van der Waals surface area contributed by atoms with Crippen LogP contribution in [0.25, 0.3) is 27.6 Å². The minimum atomic E-state index is -0.343. The standard InChI is InChI=1S/C23H17ClN6O3/c1-33-17-8-3-2-7-15(17)30-18(28-14-6-4-5-13(24)19(14)23(30)32)11-29-10-9-16(31)20-21(25)26-12-27-22(20)29/h2-10,12H,11H2,1H3,(H2,25,26,27). The van der Waals surface area contributed by atoms with Crippen LogP contribution >= 0.6 is 11.6 Å². The van der Waals surface area contributed by atoms with Gasteiger partial charge >= 0.3 is 0 Å². The second kappa shape index (κ2) is 8.03. The fourth-order valence-electron chi connectivity index (χ4n) is 3.84. The van der Waals surface area contributed by atoms with Crippen LogP contribution in [0.1, 0.15) is 5.82 Å². The summed E-state index contributed by atoms with van der Waals surface area (Å²) in [5, 5.41) is 0.801. The lowest BCUT2D eigenvalue weighted by Crippen LogP contribution is -2.26. The molecule has 0 spiro atoms. The number of benzene rings is 2. The molecule has 164 valence electrons. The number of para-hydroxylation sites is 2. The summed E-state index contributed by atoms with van der Waals surface area (Å²) in [4.78, 5) is 39.0. The molecule has 0 unspecified atom stereocenters. The molecular weight excluding hydrogens is 444 g/mol. The van der Waals surface area contributed by atoms with E-state index in [0.29, 0.717) is 38.8 Å². The molecule has 5 aromatic rings. The average molecular weight is 461 g/mol. The fraction of sp³-hybridized carbons (Fsp3) is 0.0870. The van der Waals surface area contributed by atoms with Gasteiger partial charge in [-0.05, 0) is 24.3 Å². The number of anilines is 1. The molecule has 2 aromatic carbocycles. The molecule has 0 aliphatic carbocycles. The Bertz CT molecular complexity index is 1660. The van der Waals surface area contributed by atoms with Gasteiger partial charge in [-0.15, -0.1) is 0 Å². The largest absolute Gasteiger partial charge is 0.495 e. The van der Waals surface area contributed by atoms with E-state index in [1.54, 1.807) is 47.2 Å². The van der Waals surface area contributed by atoms with E-state index in [4.69, 9.17) is 27.1 Å². The number of pyridine rings is 1. The molecule has 10 heteroatoms. The number of aromatic nitrogens is 5. The van der Waals surface area contributed by atoms with Crippen molar-refractivity contribution >= 4 is 39.4 Å². The number of hydrogen-bond donors (Lipinski definition) is 1. The summed E-state index contributed by atoms with van der Waals surface area (Å²) in [7, 11) is 1.53. The molecule has 0 bridgehead atoms. The number of nitrogens with two attached hydrogens (primary N) is 1. The van der Waals surface area contributed by atoms with Gasteiger partial charge in [0, 0.05) is 12.3 Å². The zero-order valence-corrected chi connectivity index (χ0v) is 18.2. The molecule has 0 aliphatic heterocycles. The fourth-order valence-corrected chi connectivity index (χ4v) is 4.09. The van der Waals surface area contributed by atoms with Crippen LogP contribution in [-0.4, -0.2) is 31.2 Å². The maximum atomic E-state index is 13.7. The van der Waals surface area contributed by atoms with Crippen molar-refractivity contribution in [3.63, 3.8) is 0 Å². The van der Waals surface area contributed by atoms with E-state index in [0.717, 1.165) is 0 Å². The first-order valence-corrected chi connectivity index (χ1v) is 10.3. The molecule has 9 nitrogen and oxygen atoms in total. The molecule has 0 saturated heterocycles. The van der Waals surface area contributed by atoms with Crippen molar-refractivity contribution < 1.29 is 4.74 Å². The van der Waals surface area contributed by atoms with E-state index in [1.165, 1.54) is 24.1 Å². The monoisotopic (exact) mass is 460 g/mol. The summed E-state index contributed by atoms with van der Waals surface area (Å²) in [6.45, 7) is 0.114. The van der Waals surface area contributed by atoms with Gasteiger partial charge in [0.2, 0.25) is 0 Å². The Morgan fingerprint density at radius 2 is 1.85 bits per heavy atom. The first-order valence-electron chi connectivity index (χ1n) is 9.92. The van der Waals surface area contributed by atoms with E-state index in [9.17, 15) is 9.59 Å². The molecule has 33 heavy (non-hydrogen) atoms. The normalized spacial score (nSPS) is 11.2. The van der Waals surface area contributed by atoms with Crippen molar-refractivity contribution in [2.24, 2.45) is 0 Å². The van der Waals surface area contributed by atoms with Crippen molar-refractivity contribution in [1.29, 1.82) is 0 Å². The summed E-state index contributed by atoms with van der Waals surface area (Å²) < 4.78 is 8.65. The predicted octanol–water partition coefficient (Wildman–Crippen LogP) is 2.78. The van der Waals surface area contributed by atoms with E-state index in [-0.39, 0.29) is 28.7 Å². The maximum Gasteiger partial charge on any atom is 0.267 e. The number of nitrogen functional groups attached to an aromatic ring is 1. The molecule has 5 rings (SSSR count). The van der Waals surface area contributed by atoms with Crippen LogP contribution < -0.4 is 21.5 Å². The highest BCUT2D eigenvalue weighted by atomic mass is 35.5. The molecule has 0 fully saturated rings. The SMILES string of the molecule is COc1ccccc1-n1c(Cn2ccc(=O)c3c(N)ncnc32)nc2cccc(Cl)c2c1=O. The van der Waals surface area contributed by atoms with Crippen LogP contribution in [0.15, 0.2) is 70.6 Å². The Hall–Kier alpha value is -4.24. The Kier molecular flexibility index (Phi) is 5.02. The minimum absolute atomic E-state index is 0.0831. The van der Waals surface area contributed by atoms with Crippen molar-refractivity contribution in [3.8, 4) is 11.4 Å². The Labute approximate surface area is 191 Å². The Morgan fingerprint density at radius 3 is 2.67 bits per heavy atom. The van der Waals surface area contributed by atoms with Crippen LogP contribution in [0, 0.1) is 0 Å². The molecule has 0 atom stereocenters. The third kappa shape index (κ3) is 3.39. The van der Waals surface area contributed by atoms with Crippen LogP contribution in [0.3, 0.4) is 0 Å². The quantitative estimate of drug-likeness (QED) is 0.438. The average Bonchev–Trinajstić information content (AvgIpc) is 2.81. The number of nitrogens with zero attached hydrogens (tertiary/aromatic N) is 5. The Balaban J connectivity index is 1.84. The van der Waals surface area contributed by atoms with Crippen LogP contribution in [-0.2, 0) is 6.54 Å². The second-order valence-corrected chi connectivity index (χ2v) is 7.65. The summed E-state index contributed by atoms with van der Waals surface area (Å²) in [5.74, 6) is 0.964. The van der Waals surface area contributed by atoms with Gasteiger partial charge in [-0.1, -0.05) is 29.8 Å². The number of methoxy groups -OCH3 is 1.